The van der Waals surface area contributed by atoms with Gasteiger partial charge >= 0.3 is 0 Å². The molecule has 3 aromatic rings. The number of aromatic nitrogens is 1. The van der Waals surface area contributed by atoms with E-state index >= 15 is 0 Å². The first-order valence-corrected chi connectivity index (χ1v) is 10.6. The predicted octanol–water partition coefficient (Wildman–Crippen LogP) is 3.30. The molecule has 2 aromatic carbocycles. The van der Waals surface area contributed by atoms with Gasteiger partial charge in [0.25, 0.3) is 15.9 Å². The summed E-state index contributed by atoms with van der Waals surface area (Å²) >= 11 is 0. The number of para-hydroxylation sites is 1. The van der Waals surface area contributed by atoms with E-state index in [9.17, 15) is 17.6 Å². The number of rotatable bonds is 8. The fourth-order valence-corrected chi connectivity index (χ4v) is 3.89. The lowest BCUT2D eigenvalue weighted by Gasteiger charge is -2.16. The molecular formula is C21H20FN3O6S. The number of halogens is 1. The van der Waals surface area contributed by atoms with Crippen LogP contribution in [-0.2, 0) is 10.0 Å². The number of nitrogens with one attached hydrogen (secondary N) is 2. The number of amides is 1. The van der Waals surface area contributed by atoms with Crippen LogP contribution >= 0.6 is 0 Å². The van der Waals surface area contributed by atoms with Crippen molar-refractivity contribution in [1.29, 1.82) is 0 Å². The minimum atomic E-state index is -4.27. The Bertz CT molecular complexity index is 1230. The summed E-state index contributed by atoms with van der Waals surface area (Å²) in [6.07, 6.45) is 1.38. The zero-order valence-corrected chi connectivity index (χ0v) is 18.2. The molecule has 2 N–H and O–H groups in total. The van der Waals surface area contributed by atoms with Crippen LogP contribution < -0.4 is 24.2 Å². The van der Waals surface area contributed by atoms with E-state index < -0.39 is 21.7 Å². The zero-order valence-electron chi connectivity index (χ0n) is 17.4. The van der Waals surface area contributed by atoms with E-state index in [4.69, 9.17) is 14.2 Å². The molecule has 1 aromatic heterocycles. The number of pyridine rings is 1. The molecule has 0 radical (unpaired) electrons. The van der Waals surface area contributed by atoms with Gasteiger partial charge in [0.2, 0.25) is 5.88 Å². The van der Waals surface area contributed by atoms with Gasteiger partial charge in [-0.3, -0.25) is 9.52 Å². The van der Waals surface area contributed by atoms with Crippen molar-refractivity contribution in [2.45, 2.75) is 4.90 Å². The predicted molar refractivity (Wildman–Crippen MR) is 115 cm³/mol. The lowest BCUT2D eigenvalue weighted by atomic mass is 10.1. The van der Waals surface area contributed by atoms with E-state index in [0.29, 0.717) is 11.6 Å². The average molecular weight is 461 g/mol. The van der Waals surface area contributed by atoms with E-state index in [1.807, 2.05) is 0 Å². The second kappa shape index (κ2) is 9.52. The maximum Gasteiger partial charge on any atom is 0.262 e. The van der Waals surface area contributed by atoms with Crippen molar-refractivity contribution in [3.63, 3.8) is 0 Å². The van der Waals surface area contributed by atoms with Crippen LogP contribution in [0.3, 0.4) is 0 Å². The Hall–Kier alpha value is -3.86. The second-order valence-electron chi connectivity index (χ2n) is 6.34. The van der Waals surface area contributed by atoms with Crippen molar-refractivity contribution in [2.75, 3.05) is 31.4 Å². The number of hydrogen-bond donors (Lipinski definition) is 2. The van der Waals surface area contributed by atoms with Gasteiger partial charge in [-0.05, 0) is 24.3 Å². The molecule has 0 bridgehead atoms. The summed E-state index contributed by atoms with van der Waals surface area (Å²) in [4.78, 5) is 16.6. The van der Waals surface area contributed by atoms with Crippen LogP contribution in [0.25, 0.3) is 0 Å². The minimum absolute atomic E-state index is 0.00177. The molecule has 9 nitrogen and oxygen atoms in total. The summed E-state index contributed by atoms with van der Waals surface area (Å²) in [7, 11) is -0.194. The number of carbonyl (C=O) groups is 1. The fourth-order valence-electron chi connectivity index (χ4n) is 2.78. The van der Waals surface area contributed by atoms with Gasteiger partial charge in [0.1, 0.15) is 5.82 Å². The summed E-state index contributed by atoms with van der Waals surface area (Å²) in [5.74, 6) is -1.04. The van der Waals surface area contributed by atoms with Crippen LogP contribution in [0.15, 0.2) is 59.6 Å². The Morgan fingerprint density at radius 3 is 2.34 bits per heavy atom. The number of sulfonamides is 1. The third-order valence-electron chi connectivity index (χ3n) is 4.33. The second-order valence-corrected chi connectivity index (χ2v) is 8.02. The molecule has 1 amide bonds. The van der Waals surface area contributed by atoms with E-state index in [0.717, 1.165) is 12.1 Å². The van der Waals surface area contributed by atoms with Crippen molar-refractivity contribution in [2.24, 2.45) is 0 Å². The fraction of sp³-hybridized carbons (Fsp3) is 0.143. The Labute approximate surface area is 184 Å². The number of nitrogens with zero attached hydrogens (tertiary/aromatic N) is 1. The van der Waals surface area contributed by atoms with Gasteiger partial charge in [0.15, 0.2) is 11.5 Å². The number of anilines is 2. The van der Waals surface area contributed by atoms with Crippen LogP contribution in [0, 0.1) is 5.82 Å². The molecule has 0 aliphatic rings. The minimum Gasteiger partial charge on any atom is -0.493 e. The summed E-state index contributed by atoms with van der Waals surface area (Å²) in [6, 6.07) is 10.7. The first kappa shape index (κ1) is 22.8. The summed E-state index contributed by atoms with van der Waals surface area (Å²) in [5.41, 5.74) is -0.0104. The molecule has 168 valence electrons. The molecule has 3 rings (SSSR count). The molecule has 0 fully saturated rings. The lowest BCUT2D eigenvalue weighted by molar-refractivity contribution is 0.102. The Morgan fingerprint density at radius 1 is 1.00 bits per heavy atom. The molecule has 0 saturated carbocycles. The van der Waals surface area contributed by atoms with Gasteiger partial charge in [-0.25, -0.2) is 17.8 Å². The van der Waals surface area contributed by atoms with Gasteiger partial charge in [0, 0.05) is 12.1 Å². The summed E-state index contributed by atoms with van der Waals surface area (Å²) in [5, 5.41) is 2.61. The third kappa shape index (κ3) is 4.89. The highest BCUT2D eigenvalue weighted by atomic mass is 32.2. The Kier molecular flexibility index (Phi) is 6.79. The maximum absolute atomic E-state index is 14.0. The highest BCUT2D eigenvalue weighted by Gasteiger charge is 2.25. The van der Waals surface area contributed by atoms with Crippen molar-refractivity contribution in [3.8, 4) is 17.4 Å². The van der Waals surface area contributed by atoms with Crippen molar-refractivity contribution in [1.82, 2.24) is 4.98 Å². The van der Waals surface area contributed by atoms with Crippen LogP contribution in [0.2, 0.25) is 0 Å². The quantitative estimate of drug-likeness (QED) is 0.529. The van der Waals surface area contributed by atoms with Crippen molar-refractivity contribution >= 4 is 27.3 Å². The monoisotopic (exact) mass is 461 g/mol. The van der Waals surface area contributed by atoms with Gasteiger partial charge in [-0.1, -0.05) is 12.1 Å². The smallest absolute Gasteiger partial charge is 0.262 e. The molecular weight excluding hydrogens is 441 g/mol. The number of hydrogen-bond acceptors (Lipinski definition) is 7. The summed E-state index contributed by atoms with van der Waals surface area (Å²) < 4.78 is 57.4. The molecule has 0 aliphatic carbocycles. The van der Waals surface area contributed by atoms with E-state index in [-0.39, 0.29) is 27.6 Å². The largest absolute Gasteiger partial charge is 0.493 e. The van der Waals surface area contributed by atoms with Crippen LogP contribution in [-0.4, -0.2) is 40.6 Å². The highest BCUT2D eigenvalue weighted by Crippen LogP contribution is 2.35. The molecule has 0 saturated heterocycles. The standard InChI is InChI=1S/C21H20FN3O6S/c1-29-18-11-14(32(27,28)25-17-7-5-4-6-16(17)22)10-15(20(18)31-3)21(26)24-13-8-9-19(30-2)23-12-13/h4-12,25H,1-3H3,(H,24,26). The molecule has 0 atom stereocenters. The maximum atomic E-state index is 14.0. The molecule has 0 aliphatic heterocycles. The first-order chi connectivity index (χ1) is 15.3. The van der Waals surface area contributed by atoms with Crippen LogP contribution in [0.5, 0.6) is 17.4 Å². The highest BCUT2D eigenvalue weighted by molar-refractivity contribution is 7.92. The number of carbonyl (C=O) groups excluding carboxylic acids is 1. The molecule has 0 spiro atoms. The van der Waals surface area contributed by atoms with Gasteiger partial charge in [-0.2, -0.15) is 0 Å². The normalized spacial score (nSPS) is 10.9. The molecule has 0 unspecified atom stereocenters. The molecule has 1 heterocycles. The Morgan fingerprint density at radius 2 is 1.75 bits per heavy atom. The molecule has 11 heteroatoms. The number of benzene rings is 2. The van der Waals surface area contributed by atoms with Gasteiger partial charge in [0.05, 0.1) is 49.4 Å². The SMILES string of the molecule is COc1ccc(NC(=O)c2cc(S(=O)(=O)Nc3ccccc3F)cc(OC)c2OC)cn1. The first-order valence-electron chi connectivity index (χ1n) is 9.14. The molecule has 32 heavy (non-hydrogen) atoms. The van der Waals surface area contributed by atoms with E-state index in [2.05, 4.69) is 15.0 Å². The average Bonchev–Trinajstić information content (AvgIpc) is 2.79. The van der Waals surface area contributed by atoms with E-state index in [1.54, 1.807) is 12.1 Å². The van der Waals surface area contributed by atoms with Crippen LogP contribution in [0.1, 0.15) is 10.4 Å². The van der Waals surface area contributed by atoms with Crippen LogP contribution in [0.4, 0.5) is 15.8 Å². The summed E-state index contributed by atoms with van der Waals surface area (Å²) in [6.45, 7) is 0. The van der Waals surface area contributed by atoms with Gasteiger partial charge < -0.3 is 19.5 Å². The third-order valence-corrected chi connectivity index (χ3v) is 5.67. The van der Waals surface area contributed by atoms with Crippen molar-refractivity contribution in [3.05, 3.63) is 66.1 Å². The van der Waals surface area contributed by atoms with E-state index in [1.165, 1.54) is 51.8 Å². The number of ether oxygens (including phenoxy) is 3. The Balaban J connectivity index is 2.01. The topological polar surface area (TPSA) is 116 Å². The zero-order chi connectivity index (χ0) is 23.3. The lowest BCUT2D eigenvalue weighted by Crippen LogP contribution is -2.18. The van der Waals surface area contributed by atoms with Gasteiger partial charge in [-0.15, -0.1) is 0 Å². The van der Waals surface area contributed by atoms with Crippen molar-refractivity contribution < 1.29 is 31.8 Å². The number of methoxy groups -OCH3 is 3.